The molecule has 3 heteroatoms. The van der Waals surface area contributed by atoms with Gasteiger partial charge in [-0.05, 0) is 60.2 Å². The second-order valence-corrected chi connectivity index (χ2v) is 4.55. The van der Waals surface area contributed by atoms with Crippen LogP contribution >= 0.6 is 34.2 Å². The van der Waals surface area contributed by atoms with E-state index in [2.05, 4.69) is 22.6 Å². The molecule has 0 amide bonds. The Bertz CT molecular complexity index is 286. The van der Waals surface area contributed by atoms with Crippen LogP contribution in [-0.2, 0) is 0 Å². The minimum absolute atomic E-state index is 0.0345. The third-order valence-corrected chi connectivity index (χ3v) is 2.92. The molecule has 0 bridgehead atoms. The number of hydrogen-bond donors (Lipinski definition) is 0. The quantitative estimate of drug-likeness (QED) is 0.606. The predicted molar refractivity (Wildman–Crippen MR) is 64.6 cm³/mol. The maximum atomic E-state index is 6.02. The highest BCUT2D eigenvalue weighted by Gasteiger charge is 2.07. The lowest BCUT2D eigenvalue weighted by atomic mass is 10.1. The van der Waals surface area contributed by atoms with Crippen molar-refractivity contribution in [2.24, 2.45) is 0 Å². The molecule has 0 N–H and O–H groups in total. The third-order valence-electron chi connectivity index (χ3n) is 1.71. The summed E-state index contributed by atoms with van der Waals surface area (Å²) < 4.78 is 6.57. The Hall–Kier alpha value is 0.0400. The van der Waals surface area contributed by atoms with Gasteiger partial charge in [0.15, 0.2) is 0 Å². The van der Waals surface area contributed by atoms with Crippen molar-refractivity contribution in [3.8, 4) is 5.75 Å². The van der Waals surface area contributed by atoms with E-state index >= 15 is 0 Å². The van der Waals surface area contributed by atoms with E-state index < -0.39 is 0 Å². The van der Waals surface area contributed by atoms with E-state index in [0.29, 0.717) is 6.61 Å². The molecule has 0 saturated heterocycles. The summed E-state index contributed by atoms with van der Waals surface area (Å²) in [6.45, 7) is 4.63. The molecule has 1 nitrogen and oxygen atoms in total. The fraction of sp³-hybridized carbons (Fsp3) is 0.400. The molecule has 1 rings (SSSR count). The highest BCUT2D eigenvalue weighted by Crippen LogP contribution is 2.28. The number of alkyl halides is 1. The monoisotopic (exact) mass is 310 g/mol. The van der Waals surface area contributed by atoms with Crippen molar-refractivity contribution in [1.29, 1.82) is 0 Å². The van der Waals surface area contributed by atoms with Crippen molar-refractivity contribution in [1.82, 2.24) is 0 Å². The fourth-order valence-corrected chi connectivity index (χ4v) is 2.25. The third kappa shape index (κ3) is 3.02. The Kier molecular flexibility index (Phi) is 4.32. The molecule has 1 aromatic rings. The SMILES string of the molecule is CCOc1ccc(I)c(C(C)Cl)c1. The van der Waals surface area contributed by atoms with E-state index in [1.165, 1.54) is 3.57 Å². The van der Waals surface area contributed by atoms with Crippen LogP contribution in [0.2, 0.25) is 0 Å². The molecular weight excluding hydrogens is 298 g/mol. The van der Waals surface area contributed by atoms with E-state index in [-0.39, 0.29) is 5.38 Å². The molecule has 0 heterocycles. The summed E-state index contributed by atoms with van der Waals surface area (Å²) in [5, 5.41) is 0.0345. The van der Waals surface area contributed by atoms with Gasteiger partial charge in [-0.3, -0.25) is 0 Å². The minimum atomic E-state index is 0.0345. The molecule has 1 aromatic carbocycles. The zero-order valence-electron chi connectivity index (χ0n) is 7.68. The van der Waals surface area contributed by atoms with Gasteiger partial charge in [-0.2, -0.15) is 0 Å². The first-order valence-corrected chi connectivity index (χ1v) is 5.73. The van der Waals surface area contributed by atoms with Crippen LogP contribution in [-0.4, -0.2) is 6.61 Å². The van der Waals surface area contributed by atoms with Gasteiger partial charge in [-0.1, -0.05) is 0 Å². The highest BCUT2D eigenvalue weighted by atomic mass is 127. The second kappa shape index (κ2) is 5.05. The van der Waals surface area contributed by atoms with Gasteiger partial charge < -0.3 is 4.74 Å². The maximum Gasteiger partial charge on any atom is 0.119 e. The number of benzene rings is 1. The number of ether oxygens (including phenoxy) is 1. The van der Waals surface area contributed by atoms with Gasteiger partial charge in [-0.25, -0.2) is 0 Å². The van der Waals surface area contributed by atoms with Gasteiger partial charge in [-0.15, -0.1) is 11.6 Å². The molecular formula is C10H12ClIO. The molecule has 1 unspecified atom stereocenters. The number of hydrogen-bond acceptors (Lipinski definition) is 1. The van der Waals surface area contributed by atoms with Crippen molar-refractivity contribution in [3.05, 3.63) is 27.3 Å². The van der Waals surface area contributed by atoms with Crippen LogP contribution in [0.25, 0.3) is 0 Å². The molecule has 72 valence electrons. The molecule has 0 aliphatic rings. The van der Waals surface area contributed by atoms with E-state index in [1.807, 2.05) is 32.0 Å². The Labute approximate surface area is 97.6 Å². The summed E-state index contributed by atoms with van der Waals surface area (Å²) in [5.74, 6) is 0.894. The molecule has 13 heavy (non-hydrogen) atoms. The van der Waals surface area contributed by atoms with Crippen molar-refractivity contribution < 1.29 is 4.74 Å². The van der Waals surface area contributed by atoms with Crippen LogP contribution in [0.3, 0.4) is 0 Å². The van der Waals surface area contributed by atoms with Crippen molar-refractivity contribution in [2.75, 3.05) is 6.61 Å². The average molecular weight is 311 g/mol. The molecule has 0 radical (unpaired) electrons. The standard InChI is InChI=1S/C10H12ClIO/c1-3-13-8-4-5-10(12)9(6-8)7(2)11/h4-7H,3H2,1-2H3. The predicted octanol–water partition coefficient (Wildman–Crippen LogP) is 3.99. The van der Waals surface area contributed by atoms with E-state index in [4.69, 9.17) is 16.3 Å². The molecule has 0 fully saturated rings. The van der Waals surface area contributed by atoms with Gasteiger partial charge in [0.25, 0.3) is 0 Å². The minimum Gasteiger partial charge on any atom is -0.494 e. The zero-order chi connectivity index (χ0) is 9.84. The fourth-order valence-electron chi connectivity index (χ4n) is 1.08. The van der Waals surface area contributed by atoms with Crippen molar-refractivity contribution in [2.45, 2.75) is 19.2 Å². The summed E-state index contributed by atoms with van der Waals surface area (Å²) in [7, 11) is 0. The van der Waals surface area contributed by atoms with Crippen LogP contribution in [0.15, 0.2) is 18.2 Å². The summed E-state index contributed by atoms with van der Waals surface area (Å²) in [4.78, 5) is 0. The Balaban J connectivity index is 2.97. The first-order chi connectivity index (χ1) is 6.15. The van der Waals surface area contributed by atoms with Crippen LogP contribution in [0.1, 0.15) is 24.8 Å². The van der Waals surface area contributed by atoms with Crippen molar-refractivity contribution in [3.63, 3.8) is 0 Å². The summed E-state index contributed by atoms with van der Waals surface area (Å²) in [6, 6.07) is 6.00. The van der Waals surface area contributed by atoms with E-state index in [9.17, 15) is 0 Å². The highest BCUT2D eigenvalue weighted by molar-refractivity contribution is 14.1. The lowest BCUT2D eigenvalue weighted by Gasteiger charge is -2.09. The zero-order valence-corrected chi connectivity index (χ0v) is 10.6. The van der Waals surface area contributed by atoms with E-state index in [1.54, 1.807) is 0 Å². The van der Waals surface area contributed by atoms with Gasteiger partial charge in [0.2, 0.25) is 0 Å². The number of rotatable bonds is 3. The Morgan fingerprint density at radius 1 is 1.54 bits per heavy atom. The first-order valence-electron chi connectivity index (χ1n) is 4.21. The van der Waals surface area contributed by atoms with Crippen LogP contribution < -0.4 is 4.74 Å². The molecule has 0 aliphatic heterocycles. The van der Waals surface area contributed by atoms with Gasteiger partial charge in [0.1, 0.15) is 5.75 Å². The number of halogens is 2. The lowest BCUT2D eigenvalue weighted by molar-refractivity contribution is 0.340. The molecule has 0 aromatic heterocycles. The molecule has 1 atom stereocenters. The first kappa shape index (κ1) is 11.1. The Morgan fingerprint density at radius 2 is 2.23 bits per heavy atom. The van der Waals surface area contributed by atoms with Crippen LogP contribution in [0, 0.1) is 3.57 Å². The topological polar surface area (TPSA) is 9.23 Å². The smallest absolute Gasteiger partial charge is 0.119 e. The summed E-state index contributed by atoms with van der Waals surface area (Å²) >= 11 is 8.30. The van der Waals surface area contributed by atoms with Crippen molar-refractivity contribution >= 4 is 34.2 Å². The van der Waals surface area contributed by atoms with Gasteiger partial charge in [0, 0.05) is 3.57 Å². The van der Waals surface area contributed by atoms with Crippen LogP contribution in [0.5, 0.6) is 5.75 Å². The summed E-state index contributed by atoms with van der Waals surface area (Å²) in [5.41, 5.74) is 1.13. The normalized spacial score (nSPS) is 12.6. The van der Waals surface area contributed by atoms with E-state index in [0.717, 1.165) is 11.3 Å². The molecule has 0 aliphatic carbocycles. The average Bonchev–Trinajstić information content (AvgIpc) is 2.08. The second-order valence-electron chi connectivity index (χ2n) is 2.73. The molecule has 0 spiro atoms. The van der Waals surface area contributed by atoms with Gasteiger partial charge >= 0.3 is 0 Å². The van der Waals surface area contributed by atoms with Gasteiger partial charge in [0.05, 0.1) is 12.0 Å². The maximum absolute atomic E-state index is 6.02. The summed E-state index contributed by atoms with van der Waals surface area (Å²) in [6.07, 6.45) is 0. The Morgan fingerprint density at radius 3 is 2.77 bits per heavy atom. The largest absolute Gasteiger partial charge is 0.494 e. The van der Waals surface area contributed by atoms with Crippen LogP contribution in [0.4, 0.5) is 0 Å². The molecule has 0 saturated carbocycles. The lowest BCUT2D eigenvalue weighted by Crippen LogP contribution is -1.95.